The molecule has 1 aliphatic heterocycles. The second-order valence-corrected chi connectivity index (χ2v) is 6.32. The van der Waals surface area contributed by atoms with Crippen molar-refractivity contribution < 1.29 is 23.1 Å². The number of amides is 2. The molecule has 2 heterocycles. The van der Waals surface area contributed by atoms with Crippen LogP contribution in [0.2, 0.25) is 0 Å². The van der Waals surface area contributed by atoms with Crippen LogP contribution >= 0.6 is 0 Å². The van der Waals surface area contributed by atoms with Crippen LogP contribution in [0.1, 0.15) is 21.7 Å². The molecule has 0 unspecified atom stereocenters. The Kier molecular flexibility index (Phi) is 4.27. The number of carbonyl (C=O) groups excluding carboxylic acids is 2. The van der Waals surface area contributed by atoms with Gasteiger partial charge in [-0.15, -0.1) is 0 Å². The molecule has 0 bridgehead atoms. The summed E-state index contributed by atoms with van der Waals surface area (Å²) in [5.41, 5.74) is 2.61. The zero-order valence-corrected chi connectivity index (χ0v) is 14.6. The molecule has 138 valence electrons. The predicted molar refractivity (Wildman–Crippen MR) is 97.2 cm³/mol. The number of hydrogen-bond donors (Lipinski definition) is 1. The number of anilines is 1. The number of halogens is 1. The number of nitrogens with one attached hydrogen (secondary N) is 1. The minimum Gasteiger partial charge on any atom is -0.451 e. The van der Waals surface area contributed by atoms with Crippen molar-refractivity contribution >= 4 is 28.7 Å². The van der Waals surface area contributed by atoms with Crippen LogP contribution in [-0.4, -0.2) is 25.2 Å². The van der Waals surface area contributed by atoms with E-state index in [0.29, 0.717) is 29.7 Å². The van der Waals surface area contributed by atoms with Crippen LogP contribution in [0.15, 0.2) is 46.9 Å². The fraction of sp³-hybridized carbons (Fsp3) is 0.200. The zero-order valence-electron chi connectivity index (χ0n) is 14.6. The fourth-order valence-electron chi connectivity index (χ4n) is 3.13. The summed E-state index contributed by atoms with van der Waals surface area (Å²) in [7, 11) is 0. The molecule has 0 atom stereocenters. The van der Waals surface area contributed by atoms with Gasteiger partial charge >= 0.3 is 6.09 Å². The summed E-state index contributed by atoms with van der Waals surface area (Å²) in [6.07, 6.45) is -0.374. The van der Waals surface area contributed by atoms with Gasteiger partial charge in [-0.3, -0.25) is 9.69 Å². The van der Waals surface area contributed by atoms with Crippen molar-refractivity contribution in [2.24, 2.45) is 0 Å². The van der Waals surface area contributed by atoms with Crippen LogP contribution in [0, 0.1) is 12.7 Å². The maximum atomic E-state index is 13.4. The minimum atomic E-state index is -0.380. The summed E-state index contributed by atoms with van der Waals surface area (Å²) in [6.45, 7) is 2.86. The molecular formula is C20H17FN2O4. The molecule has 0 radical (unpaired) electrons. The van der Waals surface area contributed by atoms with Crippen molar-refractivity contribution in [1.82, 2.24) is 5.32 Å². The summed E-state index contributed by atoms with van der Waals surface area (Å²) < 4.78 is 23.9. The standard InChI is InChI=1S/C20H17FN2O4/c1-12-16-10-14(21)5-6-17(16)27-18(12)19(24)22-11-13-3-2-4-15(9-13)23-7-8-26-20(23)25/h2-6,9-10H,7-8,11H2,1H3,(H,22,24). The first-order valence-electron chi connectivity index (χ1n) is 8.53. The first-order chi connectivity index (χ1) is 13.0. The highest BCUT2D eigenvalue weighted by Gasteiger charge is 2.23. The fourth-order valence-corrected chi connectivity index (χ4v) is 3.13. The monoisotopic (exact) mass is 368 g/mol. The van der Waals surface area contributed by atoms with Gasteiger partial charge in [0.25, 0.3) is 5.91 Å². The van der Waals surface area contributed by atoms with E-state index in [4.69, 9.17) is 9.15 Å². The first kappa shape index (κ1) is 17.1. The van der Waals surface area contributed by atoms with Gasteiger partial charge in [0.15, 0.2) is 5.76 Å². The molecule has 1 aromatic heterocycles. The lowest BCUT2D eigenvalue weighted by Crippen LogP contribution is -2.25. The topological polar surface area (TPSA) is 71.8 Å². The smallest absolute Gasteiger partial charge is 0.414 e. The highest BCUT2D eigenvalue weighted by Crippen LogP contribution is 2.26. The Hall–Kier alpha value is -3.35. The minimum absolute atomic E-state index is 0.162. The number of benzene rings is 2. The lowest BCUT2D eigenvalue weighted by molar-refractivity contribution is 0.0924. The second-order valence-electron chi connectivity index (χ2n) is 6.32. The summed E-state index contributed by atoms with van der Waals surface area (Å²) in [4.78, 5) is 25.7. The number of aryl methyl sites for hydroxylation is 1. The molecule has 3 aromatic rings. The largest absolute Gasteiger partial charge is 0.451 e. The van der Waals surface area contributed by atoms with Gasteiger partial charge in [0, 0.05) is 23.2 Å². The lowest BCUT2D eigenvalue weighted by atomic mass is 10.1. The molecule has 4 rings (SSSR count). The Morgan fingerprint density at radius 3 is 2.89 bits per heavy atom. The molecule has 6 nitrogen and oxygen atoms in total. The van der Waals surface area contributed by atoms with Crippen molar-refractivity contribution in [3.8, 4) is 0 Å². The Bertz CT molecular complexity index is 1040. The van der Waals surface area contributed by atoms with Gasteiger partial charge < -0.3 is 14.5 Å². The van der Waals surface area contributed by atoms with Gasteiger partial charge in [-0.05, 0) is 42.8 Å². The van der Waals surface area contributed by atoms with Gasteiger partial charge in [0.1, 0.15) is 18.0 Å². The van der Waals surface area contributed by atoms with E-state index in [1.807, 2.05) is 24.3 Å². The van der Waals surface area contributed by atoms with Crippen LogP contribution in [0.4, 0.5) is 14.9 Å². The molecule has 27 heavy (non-hydrogen) atoms. The average Bonchev–Trinajstić information content (AvgIpc) is 3.24. The van der Waals surface area contributed by atoms with Crippen molar-refractivity contribution in [3.05, 3.63) is 65.2 Å². The number of furan rings is 1. The number of ether oxygens (including phenoxy) is 1. The van der Waals surface area contributed by atoms with Gasteiger partial charge in [-0.2, -0.15) is 0 Å². The van der Waals surface area contributed by atoms with Crippen LogP contribution in [0.5, 0.6) is 0 Å². The number of hydrogen-bond acceptors (Lipinski definition) is 4. The maximum Gasteiger partial charge on any atom is 0.414 e. The molecule has 1 fully saturated rings. The molecular weight excluding hydrogens is 351 g/mol. The second kappa shape index (κ2) is 6.75. The zero-order chi connectivity index (χ0) is 19.0. The Balaban J connectivity index is 1.50. The lowest BCUT2D eigenvalue weighted by Gasteiger charge is -2.14. The normalized spacial score (nSPS) is 13.9. The van der Waals surface area contributed by atoms with Crippen LogP contribution in [-0.2, 0) is 11.3 Å². The third-order valence-corrected chi connectivity index (χ3v) is 4.54. The van der Waals surface area contributed by atoms with E-state index in [1.165, 1.54) is 18.2 Å². The first-order valence-corrected chi connectivity index (χ1v) is 8.53. The quantitative estimate of drug-likeness (QED) is 0.761. The van der Waals surface area contributed by atoms with Gasteiger partial charge in [0.2, 0.25) is 0 Å². The highest BCUT2D eigenvalue weighted by atomic mass is 19.1. The molecule has 0 saturated carbocycles. The summed E-state index contributed by atoms with van der Waals surface area (Å²) in [5, 5.41) is 3.38. The SMILES string of the molecule is Cc1c(C(=O)NCc2cccc(N3CCOC3=O)c2)oc2ccc(F)cc12. The molecule has 0 spiro atoms. The summed E-state index contributed by atoms with van der Waals surface area (Å²) in [6, 6.07) is 11.5. The summed E-state index contributed by atoms with van der Waals surface area (Å²) in [5.74, 6) is -0.597. The highest BCUT2D eigenvalue weighted by molar-refractivity contribution is 5.98. The van der Waals surface area contributed by atoms with E-state index < -0.39 is 0 Å². The number of carbonyl (C=O) groups is 2. The van der Waals surface area contributed by atoms with E-state index >= 15 is 0 Å². The third kappa shape index (κ3) is 3.23. The maximum absolute atomic E-state index is 13.4. The van der Waals surface area contributed by atoms with Gasteiger partial charge in [-0.25, -0.2) is 9.18 Å². The van der Waals surface area contributed by atoms with Crippen molar-refractivity contribution in [2.45, 2.75) is 13.5 Å². The number of cyclic esters (lactones) is 1. The Labute approximate surface area is 154 Å². The molecule has 1 N–H and O–H groups in total. The Morgan fingerprint density at radius 2 is 2.11 bits per heavy atom. The van der Waals surface area contributed by atoms with Crippen LogP contribution in [0.25, 0.3) is 11.0 Å². The number of fused-ring (bicyclic) bond motifs is 1. The van der Waals surface area contributed by atoms with Crippen LogP contribution < -0.4 is 10.2 Å². The van der Waals surface area contributed by atoms with E-state index in [1.54, 1.807) is 11.8 Å². The van der Waals surface area contributed by atoms with Crippen molar-refractivity contribution in [1.29, 1.82) is 0 Å². The molecule has 1 aliphatic rings. The number of rotatable bonds is 4. The molecule has 0 aliphatic carbocycles. The molecule has 2 amide bonds. The van der Waals surface area contributed by atoms with Gasteiger partial charge in [-0.1, -0.05) is 12.1 Å². The average molecular weight is 368 g/mol. The van der Waals surface area contributed by atoms with E-state index in [9.17, 15) is 14.0 Å². The third-order valence-electron chi connectivity index (χ3n) is 4.54. The molecule has 2 aromatic carbocycles. The van der Waals surface area contributed by atoms with Crippen molar-refractivity contribution in [3.63, 3.8) is 0 Å². The molecule has 1 saturated heterocycles. The van der Waals surface area contributed by atoms with Crippen molar-refractivity contribution in [2.75, 3.05) is 18.1 Å². The van der Waals surface area contributed by atoms with E-state index in [-0.39, 0.29) is 30.1 Å². The Morgan fingerprint density at radius 1 is 1.26 bits per heavy atom. The van der Waals surface area contributed by atoms with Crippen LogP contribution in [0.3, 0.4) is 0 Å². The summed E-state index contributed by atoms with van der Waals surface area (Å²) >= 11 is 0. The van der Waals surface area contributed by atoms with E-state index in [2.05, 4.69) is 5.32 Å². The number of nitrogens with zero attached hydrogens (tertiary/aromatic N) is 1. The molecule has 7 heteroatoms. The predicted octanol–water partition coefficient (Wildman–Crippen LogP) is 3.77. The van der Waals surface area contributed by atoms with E-state index in [0.717, 1.165) is 11.3 Å². The van der Waals surface area contributed by atoms with Gasteiger partial charge in [0.05, 0.1) is 6.54 Å².